The Hall–Kier alpha value is -1.44. The first-order valence-electron chi connectivity index (χ1n) is 6.45. The van der Waals surface area contributed by atoms with Crippen LogP contribution in [0.15, 0.2) is 24.5 Å². The van der Waals surface area contributed by atoms with Gasteiger partial charge in [-0.1, -0.05) is 6.92 Å². The minimum absolute atomic E-state index is 0.244. The van der Waals surface area contributed by atoms with E-state index < -0.39 is 0 Å². The summed E-state index contributed by atoms with van der Waals surface area (Å²) in [5.41, 5.74) is 1.86. The molecule has 0 spiro atoms. The molecule has 1 aromatic heterocycles. The summed E-state index contributed by atoms with van der Waals surface area (Å²) in [6.45, 7) is 4.88. The van der Waals surface area contributed by atoms with Crippen molar-refractivity contribution in [2.45, 2.75) is 20.3 Å². The van der Waals surface area contributed by atoms with Gasteiger partial charge < -0.3 is 10.6 Å². The molecule has 20 heavy (non-hydrogen) atoms. The van der Waals surface area contributed by atoms with E-state index in [0.29, 0.717) is 0 Å². The lowest BCUT2D eigenvalue weighted by Crippen LogP contribution is -2.07. The number of hydrogen-bond donors (Lipinski definition) is 2. The standard InChI is InChI=1S/C14H16FIN4/c1-3-10-13(17-4-2)18-8-19-14(10)20-12-6-5-9(15)7-11(12)16/h5-8H,3-4H2,1-2H3,(H2,17,18,19,20). The van der Waals surface area contributed by atoms with Crippen molar-refractivity contribution in [3.8, 4) is 0 Å². The van der Waals surface area contributed by atoms with Crippen LogP contribution in [0.1, 0.15) is 19.4 Å². The van der Waals surface area contributed by atoms with Crippen molar-refractivity contribution >= 4 is 39.9 Å². The van der Waals surface area contributed by atoms with Crippen LogP contribution in [0.5, 0.6) is 0 Å². The molecule has 2 aromatic rings. The highest BCUT2D eigenvalue weighted by molar-refractivity contribution is 14.1. The highest BCUT2D eigenvalue weighted by Gasteiger charge is 2.11. The van der Waals surface area contributed by atoms with Gasteiger partial charge in [0.25, 0.3) is 0 Å². The molecule has 0 radical (unpaired) electrons. The van der Waals surface area contributed by atoms with Crippen LogP contribution in [0.3, 0.4) is 0 Å². The molecule has 0 saturated heterocycles. The van der Waals surface area contributed by atoms with Crippen molar-refractivity contribution in [3.05, 3.63) is 39.5 Å². The Morgan fingerprint density at radius 3 is 2.60 bits per heavy atom. The van der Waals surface area contributed by atoms with Crippen molar-refractivity contribution in [1.82, 2.24) is 9.97 Å². The van der Waals surface area contributed by atoms with E-state index in [2.05, 4.69) is 50.1 Å². The van der Waals surface area contributed by atoms with Gasteiger partial charge in [0.1, 0.15) is 23.8 Å². The quantitative estimate of drug-likeness (QED) is 0.764. The molecule has 0 bridgehead atoms. The van der Waals surface area contributed by atoms with Gasteiger partial charge in [0.2, 0.25) is 0 Å². The summed E-state index contributed by atoms with van der Waals surface area (Å²) in [6, 6.07) is 4.63. The van der Waals surface area contributed by atoms with Crippen LogP contribution in [0.25, 0.3) is 0 Å². The first-order valence-corrected chi connectivity index (χ1v) is 7.53. The number of aromatic nitrogens is 2. The monoisotopic (exact) mass is 386 g/mol. The molecular weight excluding hydrogens is 370 g/mol. The smallest absolute Gasteiger partial charge is 0.139 e. The average molecular weight is 386 g/mol. The van der Waals surface area contributed by atoms with Crippen LogP contribution >= 0.6 is 22.6 Å². The molecule has 2 rings (SSSR count). The Bertz CT molecular complexity index is 604. The SMILES string of the molecule is CCNc1ncnc(Nc2ccc(F)cc2I)c1CC. The summed E-state index contributed by atoms with van der Waals surface area (Å²) in [7, 11) is 0. The van der Waals surface area contributed by atoms with Gasteiger partial charge in [0, 0.05) is 15.7 Å². The predicted molar refractivity (Wildman–Crippen MR) is 88.0 cm³/mol. The second kappa shape index (κ2) is 6.83. The van der Waals surface area contributed by atoms with Gasteiger partial charge in [-0.05, 0) is 54.1 Å². The third kappa shape index (κ3) is 3.36. The highest BCUT2D eigenvalue weighted by Crippen LogP contribution is 2.27. The zero-order chi connectivity index (χ0) is 14.5. The number of anilines is 3. The zero-order valence-electron chi connectivity index (χ0n) is 11.4. The number of nitrogens with one attached hydrogen (secondary N) is 2. The van der Waals surface area contributed by atoms with E-state index in [9.17, 15) is 4.39 Å². The average Bonchev–Trinajstić information content (AvgIpc) is 2.42. The molecule has 6 heteroatoms. The summed E-state index contributed by atoms with van der Waals surface area (Å²) in [4.78, 5) is 8.55. The van der Waals surface area contributed by atoms with E-state index in [1.807, 2.05) is 6.92 Å². The fourth-order valence-electron chi connectivity index (χ4n) is 1.89. The lowest BCUT2D eigenvalue weighted by atomic mass is 10.2. The molecule has 0 aliphatic rings. The largest absolute Gasteiger partial charge is 0.370 e. The van der Waals surface area contributed by atoms with E-state index >= 15 is 0 Å². The number of benzene rings is 1. The Morgan fingerprint density at radius 1 is 1.20 bits per heavy atom. The van der Waals surface area contributed by atoms with Crippen molar-refractivity contribution in [3.63, 3.8) is 0 Å². The lowest BCUT2D eigenvalue weighted by molar-refractivity contribution is 0.627. The third-order valence-corrected chi connectivity index (χ3v) is 3.72. The van der Waals surface area contributed by atoms with Crippen molar-refractivity contribution in [1.29, 1.82) is 0 Å². The Kier molecular flexibility index (Phi) is 5.11. The molecule has 1 heterocycles. The summed E-state index contributed by atoms with van der Waals surface area (Å²) in [5, 5.41) is 6.48. The Morgan fingerprint density at radius 2 is 1.95 bits per heavy atom. The van der Waals surface area contributed by atoms with Gasteiger partial charge in [0.05, 0.1) is 5.69 Å². The van der Waals surface area contributed by atoms with Gasteiger partial charge in [-0.2, -0.15) is 0 Å². The van der Waals surface area contributed by atoms with Crippen molar-refractivity contribution in [2.24, 2.45) is 0 Å². The van der Waals surface area contributed by atoms with E-state index in [4.69, 9.17) is 0 Å². The molecular formula is C14H16FIN4. The molecule has 4 nitrogen and oxygen atoms in total. The van der Waals surface area contributed by atoms with Crippen LogP contribution in [0.2, 0.25) is 0 Å². The number of nitrogens with zero attached hydrogens (tertiary/aromatic N) is 2. The normalized spacial score (nSPS) is 10.4. The maximum atomic E-state index is 13.1. The number of hydrogen-bond acceptors (Lipinski definition) is 4. The zero-order valence-corrected chi connectivity index (χ0v) is 13.5. The molecule has 0 atom stereocenters. The van der Waals surface area contributed by atoms with Crippen LogP contribution < -0.4 is 10.6 Å². The Balaban J connectivity index is 2.35. The Labute approximate surface area is 131 Å². The minimum atomic E-state index is -0.244. The van der Waals surface area contributed by atoms with Crippen LogP contribution in [0, 0.1) is 9.39 Å². The van der Waals surface area contributed by atoms with E-state index in [1.54, 1.807) is 6.07 Å². The van der Waals surface area contributed by atoms with E-state index in [0.717, 1.165) is 39.4 Å². The molecule has 106 valence electrons. The second-order valence-corrected chi connectivity index (χ2v) is 5.34. The molecule has 0 aliphatic heterocycles. The highest BCUT2D eigenvalue weighted by atomic mass is 127. The number of rotatable bonds is 5. The summed E-state index contributed by atoms with van der Waals surface area (Å²) >= 11 is 2.10. The van der Waals surface area contributed by atoms with Crippen LogP contribution in [0.4, 0.5) is 21.7 Å². The first kappa shape index (κ1) is 15.0. The third-order valence-electron chi connectivity index (χ3n) is 2.83. The molecule has 0 amide bonds. The van der Waals surface area contributed by atoms with Crippen LogP contribution in [-0.2, 0) is 6.42 Å². The maximum Gasteiger partial charge on any atom is 0.139 e. The minimum Gasteiger partial charge on any atom is -0.370 e. The molecule has 2 N–H and O–H groups in total. The van der Waals surface area contributed by atoms with Gasteiger partial charge in [-0.3, -0.25) is 0 Å². The summed E-state index contributed by atoms with van der Waals surface area (Å²) < 4.78 is 13.9. The summed E-state index contributed by atoms with van der Waals surface area (Å²) in [5.74, 6) is 1.35. The molecule has 0 fully saturated rings. The maximum absolute atomic E-state index is 13.1. The van der Waals surface area contributed by atoms with Gasteiger partial charge >= 0.3 is 0 Å². The van der Waals surface area contributed by atoms with Gasteiger partial charge in [0.15, 0.2) is 0 Å². The molecule has 0 aliphatic carbocycles. The lowest BCUT2D eigenvalue weighted by Gasteiger charge is -2.14. The molecule has 0 unspecified atom stereocenters. The molecule has 0 saturated carbocycles. The topological polar surface area (TPSA) is 49.8 Å². The fourth-order valence-corrected chi connectivity index (χ4v) is 2.51. The van der Waals surface area contributed by atoms with Gasteiger partial charge in [-0.25, -0.2) is 14.4 Å². The fraction of sp³-hybridized carbons (Fsp3) is 0.286. The number of halogens is 2. The van der Waals surface area contributed by atoms with E-state index in [1.165, 1.54) is 18.5 Å². The predicted octanol–water partition coefficient (Wildman–Crippen LogP) is 3.96. The van der Waals surface area contributed by atoms with Gasteiger partial charge in [-0.15, -0.1) is 0 Å². The summed E-state index contributed by atoms with van der Waals surface area (Å²) in [6.07, 6.45) is 2.33. The molecule has 1 aromatic carbocycles. The van der Waals surface area contributed by atoms with Crippen molar-refractivity contribution in [2.75, 3.05) is 17.2 Å². The van der Waals surface area contributed by atoms with Crippen LogP contribution in [-0.4, -0.2) is 16.5 Å². The van der Waals surface area contributed by atoms with Crippen molar-refractivity contribution < 1.29 is 4.39 Å². The van der Waals surface area contributed by atoms with E-state index in [-0.39, 0.29) is 5.82 Å². The second-order valence-electron chi connectivity index (χ2n) is 4.18. The first-order chi connectivity index (χ1) is 9.65.